The second-order valence-corrected chi connectivity index (χ2v) is 11.2. The van der Waals surface area contributed by atoms with E-state index in [-0.39, 0.29) is 17.6 Å². The van der Waals surface area contributed by atoms with Crippen molar-refractivity contribution in [1.29, 1.82) is 0 Å². The Hall–Kier alpha value is -3.46. The van der Waals surface area contributed by atoms with Crippen molar-refractivity contribution in [1.82, 2.24) is 14.5 Å². The van der Waals surface area contributed by atoms with Crippen LogP contribution in [0.25, 0.3) is 0 Å². The van der Waals surface area contributed by atoms with Gasteiger partial charge in [0.1, 0.15) is 5.82 Å². The first-order chi connectivity index (χ1) is 17.2. The standard InChI is InChI=1S/C27H31N3O5S/c1-20-8-10-24(11-9-20)36(33,34)19-18-29-17-14-28-26(29)23-12-15-30(16-13-23)27(32)25(35-21(2)31)22-6-4-3-5-7-22/h3-11,14,17,23,25H,12-13,15-16,18-19H2,1-2H3. The summed E-state index contributed by atoms with van der Waals surface area (Å²) in [5.41, 5.74) is 1.66. The second kappa shape index (κ2) is 11.1. The number of hydrogen-bond donors (Lipinski definition) is 0. The zero-order valence-electron chi connectivity index (χ0n) is 20.5. The van der Waals surface area contributed by atoms with Gasteiger partial charge in [-0.2, -0.15) is 0 Å². The number of carbonyl (C=O) groups is 2. The summed E-state index contributed by atoms with van der Waals surface area (Å²) in [5, 5.41) is 0. The van der Waals surface area contributed by atoms with E-state index in [9.17, 15) is 18.0 Å². The number of esters is 1. The van der Waals surface area contributed by atoms with Crippen molar-refractivity contribution in [3.05, 3.63) is 83.9 Å². The fraction of sp³-hybridized carbons (Fsp3) is 0.370. The number of likely N-dealkylation sites (tertiary alicyclic amines) is 1. The van der Waals surface area contributed by atoms with Gasteiger partial charge in [-0.3, -0.25) is 9.59 Å². The molecule has 0 saturated carbocycles. The lowest BCUT2D eigenvalue weighted by atomic mass is 9.95. The van der Waals surface area contributed by atoms with E-state index in [1.54, 1.807) is 47.5 Å². The molecule has 8 nitrogen and oxygen atoms in total. The van der Waals surface area contributed by atoms with Crippen molar-refractivity contribution < 1.29 is 22.7 Å². The van der Waals surface area contributed by atoms with Gasteiger partial charge >= 0.3 is 5.97 Å². The van der Waals surface area contributed by atoms with Gasteiger partial charge in [-0.1, -0.05) is 48.0 Å². The number of imidazole rings is 1. The maximum absolute atomic E-state index is 13.2. The van der Waals surface area contributed by atoms with Crippen LogP contribution in [0.5, 0.6) is 0 Å². The Balaban J connectivity index is 1.39. The Morgan fingerprint density at radius 1 is 1.06 bits per heavy atom. The van der Waals surface area contributed by atoms with E-state index in [1.165, 1.54) is 6.92 Å². The molecule has 0 spiro atoms. The van der Waals surface area contributed by atoms with Gasteiger partial charge in [-0.05, 0) is 31.9 Å². The molecule has 9 heteroatoms. The smallest absolute Gasteiger partial charge is 0.303 e. The monoisotopic (exact) mass is 509 g/mol. The number of aromatic nitrogens is 2. The number of ether oxygens (including phenoxy) is 1. The maximum Gasteiger partial charge on any atom is 0.303 e. The number of sulfone groups is 1. The van der Waals surface area contributed by atoms with E-state index in [2.05, 4.69) is 4.98 Å². The predicted molar refractivity (Wildman–Crippen MR) is 135 cm³/mol. The lowest BCUT2D eigenvalue weighted by molar-refractivity contribution is -0.159. The highest BCUT2D eigenvalue weighted by atomic mass is 32.2. The molecule has 36 heavy (non-hydrogen) atoms. The summed E-state index contributed by atoms with van der Waals surface area (Å²) < 4.78 is 32.9. The first-order valence-electron chi connectivity index (χ1n) is 12.1. The van der Waals surface area contributed by atoms with Gasteiger partial charge in [-0.15, -0.1) is 0 Å². The number of nitrogens with zero attached hydrogens (tertiary/aromatic N) is 3. The topological polar surface area (TPSA) is 98.6 Å². The number of carbonyl (C=O) groups excluding carboxylic acids is 2. The number of hydrogen-bond acceptors (Lipinski definition) is 6. The third-order valence-electron chi connectivity index (χ3n) is 6.51. The Kier molecular flexibility index (Phi) is 7.88. The van der Waals surface area contributed by atoms with E-state index < -0.39 is 21.9 Å². The molecule has 1 atom stereocenters. The van der Waals surface area contributed by atoms with Crippen molar-refractivity contribution in [2.45, 2.75) is 50.2 Å². The van der Waals surface area contributed by atoms with E-state index in [0.29, 0.717) is 42.9 Å². The third kappa shape index (κ3) is 6.02. The van der Waals surface area contributed by atoms with Crippen LogP contribution in [0.3, 0.4) is 0 Å². The van der Waals surface area contributed by atoms with Crippen LogP contribution >= 0.6 is 0 Å². The summed E-state index contributed by atoms with van der Waals surface area (Å²) in [6.45, 7) is 4.54. The normalized spacial score (nSPS) is 15.4. The van der Waals surface area contributed by atoms with Crippen molar-refractivity contribution in [2.24, 2.45) is 0 Å². The summed E-state index contributed by atoms with van der Waals surface area (Å²) in [4.78, 5) is 31.4. The Morgan fingerprint density at radius 3 is 2.36 bits per heavy atom. The van der Waals surface area contributed by atoms with Crippen LogP contribution in [0.1, 0.15) is 48.7 Å². The Morgan fingerprint density at radius 2 is 1.72 bits per heavy atom. The average molecular weight is 510 g/mol. The van der Waals surface area contributed by atoms with Crippen molar-refractivity contribution in [3.63, 3.8) is 0 Å². The molecule has 1 saturated heterocycles. The highest BCUT2D eigenvalue weighted by molar-refractivity contribution is 7.91. The van der Waals surface area contributed by atoms with Crippen molar-refractivity contribution in [3.8, 4) is 0 Å². The first kappa shape index (κ1) is 25.6. The van der Waals surface area contributed by atoms with E-state index >= 15 is 0 Å². The van der Waals surface area contributed by atoms with Crippen LogP contribution in [-0.2, 0) is 30.7 Å². The molecule has 3 aromatic rings. The first-order valence-corrected chi connectivity index (χ1v) is 13.7. The van der Waals surface area contributed by atoms with Crippen LogP contribution in [0.4, 0.5) is 0 Å². The minimum Gasteiger partial charge on any atom is -0.447 e. The van der Waals surface area contributed by atoms with Gasteiger partial charge in [0.25, 0.3) is 5.91 Å². The van der Waals surface area contributed by atoms with Gasteiger partial charge in [0.2, 0.25) is 6.10 Å². The zero-order chi connectivity index (χ0) is 25.7. The summed E-state index contributed by atoms with van der Waals surface area (Å²) in [6.07, 6.45) is 3.92. The number of amides is 1. The van der Waals surface area contributed by atoms with Crippen LogP contribution in [0.15, 0.2) is 71.9 Å². The summed E-state index contributed by atoms with van der Waals surface area (Å²) in [7, 11) is -3.41. The lowest BCUT2D eigenvalue weighted by Gasteiger charge is -2.34. The maximum atomic E-state index is 13.2. The van der Waals surface area contributed by atoms with Crippen molar-refractivity contribution in [2.75, 3.05) is 18.8 Å². The molecule has 1 fully saturated rings. The highest BCUT2D eigenvalue weighted by Crippen LogP contribution is 2.30. The predicted octanol–water partition coefficient (Wildman–Crippen LogP) is 3.68. The van der Waals surface area contributed by atoms with E-state index in [0.717, 1.165) is 11.4 Å². The minimum absolute atomic E-state index is 0.0160. The molecule has 1 aromatic heterocycles. The SMILES string of the molecule is CC(=O)OC(C(=O)N1CCC(c2nccn2CCS(=O)(=O)c2ccc(C)cc2)CC1)c1ccccc1. The molecule has 4 rings (SSSR count). The summed E-state index contributed by atoms with van der Waals surface area (Å²) in [6, 6.07) is 15.9. The fourth-order valence-electron chi connectivity index (χ4n) is 4.53. The summed E-state index contributed by atoms with van der Waals surface area (Å²) >= 11 is 0. The number of benzene rings is 2. The minimum atomic E-state index is -3.41. The van der Waals surface area contributed by atoms with Crippen LogP contribution in [0, 0.1) is 6.92 Å². The number of piperidine rings is 1. The van der Waals surface area contributed by atoms with Gasteiger partial charge in [0, 0.05) is 50.4 Å². The molecule has 0 radical (unpaired) electrons. The molecule has 2 heterocycles. The Labute approximate surface area is 211 Å². The lowest BCUT2D eigenvalue weighted by Crippen LogP contribution is -2.42. The molecule has 190 valence electrons. The van der Waals surface area contributed by atoms with Gasteiger partial charge in [0.15, 0.2) is 9.84 Å². The molecule has 0 bridgehead atoms. The molecule has 1 unspecified atom stereocenters. The van der Waals surface area contributed by atoms with Gasteiger partial charge < -0.3 is 14.2 Å². The Bertz CT molecular complexity index is 1290. The second-order valence-electron chi connectivity index (χ2n) is 9.11. The van der Waals surface area contributed by atoms with Crippen LogP contribution < -0.4 is 0 Å². The van der Waals surface area contributed by atoms with Crippen molar-refractivity contribution >= 4 is 21.7 Å². The number of rotatable bonds is 8. The van der Waals surface area contributed by atoms with Crippen LogP contribution in [-0.4, -0.2) is 53.6 Å². The molecule has 2 aromatic carbocycles. The van der Waals surface area contributed by atoms with E-state index in [4.69, 9.17) is 4.74 Å². The molecule has 1 amide bonds. The summed E-state index contributed by atoms with van der Waals surface area (Å²) in [5.74, 6) is 0.186. The highest BCUT2D eigenvalue weighted by Gasteiger charge is 2.32. The quantitative estimate of drug-likeness (QED) is 0.430. The molecule has 1 aliphatic heterocycles. The molecular weight excluding hydrogens is 478 g/mol. The number of aryl methyl sites for hydroxylation is 2. The average Bonchev–Trinajstić information content (AvgIpc) is 3.35. The zero-order valence-corrected chi connectivity index (χ0v) is 21.4. The molecule has 0 N–H and O–H groups in total. The van der Waals surface area contributed by atoms with E-state index in [1.807, 2.05) is 35.9 Å². The largest absolute Gasteiger partial charge is 0.447 e. The van der Waals surface area contributed by atoms with Gasteiger partial charge in [0.05, 0.1) is 10.6 Å². The fourth-order valence-corrected chi connectivity index (χ4v) is 5.75. The molecule has 1 aliphatic rings. The van der Waals surface area contributed by atoms with Gasteiger partial charge in [-0.25, -0.2) is 13.4 Å². The van der Waals surface area contributed by atoms with Crippen LogP contribution in [0.2, 0.25) is 0 Å². The third-order valence-corrected chi connectivity index (χ3v) is 8.22. The molecule has 0 aliphatic carbocycles. The molecular formula is C27H31N3O5S.